The molecule has 1 fully saturated rings. The van der Waals surface area contributed by atoms with Crippen LogP contribution in [0.1, 0.15) is 41.6 Å². The van der Waals surface area contributed by atoms with E-state index in [0.29, 0.717) is 17.8 Å². The Kier molecular flexibility index (Phi) is 4.94. The maximum absolute atomic E-state index is 12.3. The summed E-state index contributed by atoms with van der Waals surface area (Å²) in [6, 6.07) is 17.2. The molecule has 0 saturated heterocycles. The standard InChI is InChI=1S/C20H22N2O2/c1-14(15-6-3-2-4-7-15)13-21-19(23)17-8-5-9-18(12-17)22-20(24)16-10-11-16/h2-9,12,14,16H,10-11,13H2,1H3,(H,21,23)(H,22,24). The van der Waals surface area contributed by atoms with Gasteiger partial charge < -0.3 is 10.6 Å². The van der Waals surface area contributed by atoms with Crippen LogP contribution in [0.25, 0.3) is 0 Å². The fourth-order valence-corrected chi connectivity index (χ4v) is 2.58. The summed E-state index contributed by atoms with van der Waals surface area (Å²) >= 11 is 0. The highest BCUT2D eigenvalue weighted by Crippen LogP contribution is 2.30. The third-order valence-electron chi connectivity index (χ3n) is 4.28. The number of nitrogens with one attached hydrogen (secondary N) is 2. The van der Waals surface area contributed by atoms with Gasteiger partial charge >= 0.3 is 0 Å². The first kappa shape index (κ1) is 16.2. The van der Waals surface area contributed by atoms with Gasteiger partial charge in [-0.3, -0.25) is 9.59 Å². The van der Waals surface area contributed by atoms with E-state index in [1.807, 2.05) is 24.3 Å². The van der Waals surface area contributed by atoms with Gasteiger partial charge in [0.25, 0.3) is 5.91 Å². The number of benzene rings is 2. The fourth-order valence-electron chi connectivity index (χ4n) is 2.58. The predicted octanol–water partition coefficient (Wildman–Crippen LogP) is 3.57. The first-order valence-electron chi connectivity index (χ1n) is 8.37. The molecule has 4 nitrogen and oxygen atoms in total. The SMILES string of the molecule is CC(CNC(=O)c1cccc(NC(=O)C2CC2)c1)c1ccccc1. The highest BCUT2D eigenvalue weighted by atomic mass is 16.2. The molecule has 1 saturated carbocycles. The minimum atomic E-state index is -0.125. The minimum Gasteiger partial charge on any atom is -0.351 e. The zero-order valence-electron chi connectivity index (χ0n) is 13.8. The second-order valence-corrected chi connectivity index (χ2v) is 6.37. The summed E-state index contributed by atoms with van der Waals surface area (Å²) in [7, 11) is 0. The largest absolute Gasteiger partial charge is 0.351 e. The molecule has 3 rings (SSSR count). The molecule has 0 bridgehead atoms. The van der Waals surface area contributed by atoms with Crippen LogP contribution >= 0.6 is 0 Å². The molecule has 1 aliphatic rings. The van der Waals surface area contributed by atoms with E-state index >= 15 is 0 Å². The number of hydrogen-bond acceptors (Lipinski definition) is 2. The number of anilines is 1. The van der Waals surface area contributed by atoms with Gasteiger partial charge in [-0.05, 0) is 42.5 Å². The first-order valence-corrected chi connectivity index (χ1v) is 8.37. The summed E-state index contributed by atoms with van der Waals surface area (Å²) in [5.41, 5.74) is 2.43. The smallest absolute Gasteiger partial charge is 0.251 e. The quantitative estimate of drug-likeness (QED) is 0.854. The van der Waals surface area contributed by atoms with Gasteiger partial charge in [0.05, 0.1) is 0 Å². The van der Waals surface area contributed by atoms with Crippen LogP contribution in [0, 0.1) is 5.92 Å². The Morgan fingerprint density at radius 3 is 2.54 bits per heavy atom. The molecule has 124 valence electrons. The van der Waals surface area contributed by atoms with E-state index in [4.69, 9.17) is 0 Å². The number of carbonyl (C=O) groups is 2. The Balaban J connectivity index is 1.57. The second-order valence-electron chi connectivity index (χ2n) is 6.37. The Labute approximate surface area is 142 Å². The molecular weight excluding hydrogens is 300 g/mol. The van der Waals surface area contributed by atoms with Crippen molar-refractivity contribution < 1.29 is 9.59 Å². The zero-order chi connectivity index (χ0) is 16.9. The van der Waals surface area contributed by atoms with Crippen molar-refractivity contribution >= 4 is 17.5 Å². The van der Waals surface area contributed by atoms with Crippen LogP contribution in [0.3, 0.4) is 0 Å². The molecule has 0 aliphatic heterocycles. The molecule has 2 amide bonds. The highest BCUT2D eigenvalue weighted by Gasteiger charge is 2.29. The van der Waals surface area contributed by atoms with Crippen molar-refractivity contribution in [2.75, 3.05) is 11.9 Å². The van der Waals surface area contributed by atoms with Gasteiger partial charge in [-0.15, -0.1) is 0 Å². The lowest BCUT2D eigenvalue weighted by Gasteiger charge is -2.13. The predicted molar refractivity (Wildman–Crippen MR) is 95.0 cm³/mol. The molecule has 24 heavy (non-hydrogen) atoms. The lowest BCUT2D eigenvalue weighted by molar-refractivity contribution is -0.117. The Hall–Kier alpha value is -2.62. The van der Waals surface area contributed by atoms with E-state index in [-0.39, 0.29) is 23.7 Å². The van der Waals surface area contributed by atoms with Crippen LogP contribution in [-0.2, 0) is 4.79 Å². The third-order valence-corrected chi connectivity index (χ3v) is 4.28. The maximum atomic E-state index is 12.3. The normalized spacial score (nSPS) is 14.7. The van der Waals surface area contributed by atoms with Gasteiger partial charge in [0.1, 0.15) is 0 Å². The third kappa shape index (κ3) is 4.22. The highest BCUT2D eigenvalue weighted by molar-refractivity contribution is 5.98. The summed E-state index contributed by atoms with van der Waals surface area (Å²) < 4.78 is 0. The number of carbonyl (C=O) groups excluding carboxylic acids is 2. The van der Waals surface area contributed by atoms with E-state index in [9.17, 15) is 9.59 Å². The summed E-state index contributed by atoms with van der Waals surface area (Å²) in [4.78, 5) is 24.2. The average Bonchev–Trinajstić information content (AvgIpc) is 3.45. The van der Waals surface area contributed by atoms with Crippen molar-refractivity contribution in [3.63, 3.8) is 0 Å². The molecule has 2 aromatic rings. The Morgan fingerprint density at radius 2 is 1.83 bits per heavy atom. The average molecular weight is 322 g/mol. The molecule has 0 heterocycles. The first-order chi connectivity index (χ1) is 11.6. The van der Waals surface area contributed by atoms with Gasteiger partial charge in [-0.1, -0.05) is 43.3 Å². The van der Waals surface area contributed by atoms with Crippen molar-refractivity contribution in [3.05, 3.63) is 65.7 Å². The fraction of sp³-hybridized carbons (Fsp3) is 0.300. The van der Waals surface area contributed by atoms with Crippen molar-refractivity contribution in [1.29, 1.82) is 0 Å². The van der Waals surface area contributed by atoms with Crippen molar-refractivity contribution in [2.45, 2.75) is 25.7 Å². The molecule has 0 spiro atoms. The second kappa shape index (κ2) is 7.30. The molecule has 1 unspecified atom stereocenters. The minimum absolute atomic E-state index is 0.0465. The molecule has 0 aromatic heterocycles. The van der Waals surface area contributed by atoms with Crippen LogP contribution in [0.5, 0.6) is 0 Å². The molecule has 2 N–H and O–H groups in total. The van der Waals surface area contributed by atoms with Gasteiger partial charge in [-0.2, -0.15) is 0 Å². The van der Waals surface area contributed by atoms with Crippen LogP contribution < -0.4 is 10.6 Å². The summed E-state index contributed by atoms with van der Waals surface area (Å²) in [5, 5.41) is 5.83. The van der Waals surface area contributed by atoms with Crippen molar-refractivity contribution in [3.8, 4) is 0 Å². The van der Waals surface area contributed by atoms with E-state index in [2.05, 4.69) is 29.7 Å². The maximum Gasteiger partial charge on any atom is 0.251 e. The van der Waals surface area contributed by atoms with E-state index in [1.54, 1.807) is 18.2 Å². The van der Waals surface area contributed by atoms with Crippen LogP contribution in [0.15, 0.2) is 54.6 Å². The van der Waals surface area contributed by atoms with E-state index in [1.165, 1.54) is 5.56 Å². The number of amides is 2. The monoisotopic (exact) mass is 322 g/mol. The molecular formula is C20H22N2O2. The summed E-state index contributed by atoms with van der Waals surface area (Å²) in [5.74, 6) is 0.313. The lowest BCUT2D eigenvalue weighted by Crippen LogP contribution is -2.27. The summed E-state index contributed by atoms with van der Waals surface area (Å²) in [6.45, 7) is 2.66. The van der Waals surface area contributed by atoms with Crippen molar-refractivity contribution in [1.82, 2.24) is 5.32 Å². The number of rotatable bonds is 6. The van der Waals surface area contributed by atoms with Crippen LogP contribution in [0.4, 0.5) is 5.69 Å². The Morgan fingerprint density at radius 1 is 1.08 bits per heavy atom. The van der Waals surface area contributed by atoms with Gasteiger partial charge in [0.15, 0.2) is 0 Å². The van der Waals surface area contributed by atoms with Gasteiger partial charge in [0, 0.05) is 23.7 Å². The zero-order valence-corrected chi connectivity index (χ0v) is 13.8. The van der Waals surface area contributed by atoms with Crippen LogP contribution in [-0.4, -0.2) is 18.4 Å². The van der Waals surface area contributed by atoms with Crippen molar-refractivity contribution in [2.24, 2.45) is 5.92 Å². The lowest BCUT2D eigenvalue weighted by atomic mass is 10.0. The molecule has 1 aliphatic carbocycles. The Bertz CT molecular complexity index is 723. The molecule has 0 radical (unpaired) electrons. The topological polar surface area (TPSA) is 58.2 Å². The molecule has 2 aromatic carbocycles. The molecule has 1 atom stereocenters. The van der Waals surface area contributed by atoms with Crippen LogP contribution in [0.2, 0.25) is 0 Å². The van der Waals surface area contributed by atoms with E-state index in [0.717, 1.165) is 12.8 Å². The summed E-state index contributed by atoms with van der Waals surface area (Å²) in [6.07, 6.45) is 1.92. The molecule has 4 heteroatoms. The van der Waals surface area contributed by atoms with Gasteiger partial charge in [-0.25, -0.2) is 0 Å². The van der Waals surface area contributed by atoms with Gasteiger partial charge in [0.2, 0.25) is 5.91 Å². The van der Waals surface area contributed by atoms with E-state index < -0.39 is 0 Å². The number of hydrogen-bond donors (Lipinski definition) is 2.